The van der Waals surface area contributed by atoms with E-state index in [1.807, 2.05) is 16.0 Å². The fourth-order valence-corrected chi connectivity index (χ4v) is 3.46. The van der Waals surface area contributed by atoms with Gasteiger partial charge in [0.2, 0.25) is 11.8 Å². The van der Waals surface area contributed by atoms with Crippen molar-refractivity contribution in [3.63, 3.8) is 0 Å². The van der Waals surface area contributed by atoms with Gasteiger partial charge >= 0.3 is 0 Å². The van der Waals surface area contributed by atoms with E-state index in [0.29, 0.717) is 34.5 Å². The van der Waals surface area contributed by atoms with E-state index >= 15 is 0 Å². The van der Waals surface area contributed by atoms with Gasteiger partial charge in [-0.15, -0.1) is 11.3 Å². The maximum atomic E-state index is 11.9. The van der Waals surface area contributed by atoms with Gasteiger partial charge in [-0.1, -0.05) is 23.2 Å². The van der Waals surface area contributed by atoms with Crippen molar-refractivity contribution >= 4 is 51.3 Å². The SMILES string of the molecule is O=C(CCCOc1ccc(Cl)cc1Cl)NNC(=O)Cc1cn2ccsc2n1. The van der Waals surface area contributed by atoms with Crippen molar-refractivity contribution < 1.29 is 14.3 Å². The molecule has 0 spiro atoms. The van der Waals surface area contributed by atoms with Crippen molar-refractivity contribution in [1.29, 1.82) is 0 Å². The molecule has 0 unspecified atom stereocenters. The first-order chi connectivity index (χ1) is 13.0. The summed E-state index contributed by atoms with van der Waals surface area (Å²) in [6.07, 6.45) is 4.42. The molecule has 0 saturated heterocycles. The third-order valence-electron chi connectivity index (χ3n) is 3.53. The molecular formula is C17H16Cl2N4O3S. The summed E-state index contributed by atoms with van der Waals surface area (Å²) in [4.78, 5) is 28.8. The molecule has 2 aromatic heterocycles. The van der Waals surface area contributed by atoms with E-state index in [0.717, 1.165) is 4.96 Å². The Balaban J connectivity index is 1.33. The van der Waals surface area contributed by atoms with Gasteiger partial charge in [0, 0.05) is 29.2 Å². The first-order valence-electron chi connectivity index (χ1n) is 8.08. The van der Waals surface area contributed by atoms with Crippen LogP contribution in [0.2, 0.25) is 10.0 Å². The van der Waals surface area contributed by atoms with Gasteiger partial charge < -0.3 is 4.74 Å². The molecule has 142 valence electrons. The number of nitrogens with one attached hydrogen (secondary N) is 2. The topological polar surface area (TPSA) is 84.7 Å². The zero-order chi connectivity index (χ0) is 19.2. The minimum Gasteiger partial charge on any atom is -0.492 e. The number of aromatic nitrogens is 2. The molecule has 2 heterocycles. The number of fused-ring (bicyclic) bond motifs is 1. The molecule has 3 rings (SSSR count). The fourth-order valence-electron chi connectivity index (χ4n) is 2.28. The van der Waals surface area contributed by atoms with E-state index < -0.39 is 0 Å². The Bertz CT molecular complexity index is 928. The number of carbonyl (C=O) groups excluding carboxylic acids is 2. The molecule has 2 N–H and O–H groups in total. The Morgan fingerprint density at radius 2 is 2.04 bits per heavy atom. The molecule has 0 bridgehead atoms. The summed E-state index contributed by atoms with van der Waals surface area (Å²) in [6.45, 7) is 0.314. The van der Waals surface area contributed by atoms with Crippen LogP contribution < -0.4 is 15.6 Å². The number of rotatable bonds is 7. The van der Waals surface area contributed by atoms with Crippen LogP contribution in [0.15, 0.2) is 36.0 Å². The third-order valence-corrected chi connectivity index (χ3v) is 4.83. The number of nitrogens with zero attached hydrogens (tertiary/aromatic N) is 2. The molecule has 0 saturated carbocycles. The fraction of sp³-hybridized carbons (Fsp3) is 0.235. The average molecular weight is 427 g/mol. The van der Waals surface area contributed by atoms with Gasteiger partial charge in [0.25, 0.3) is 0 Å². The van der Waals surface area contributed by atoms with Crippen LogP contribution in [-0.4, -0.2) is 27.8 Å². The lowest BCUT2D eigenvalue weighted by molar-refractivity contribution is -0.128. The van der Waals surface area contributed by atoms with Crippen molar-refractivity contribution in [3.05, 3.63) is 51.7 Å². The Labute approximate surface area is 169 Å². The van der Waals surface area contributed by atoms with Crippen molar-refractivity contribution in [2.75, 3.05) is 6.61 Å². The van der Waals surface area contributed by atoms with Crippen LogP contribution in [0, 0.1) is 0 Å². The summed E-state index contributed by atoms with van der Waals surface area (Å²) in [6, 6.07) is 4.93. The number of hydrazine groups is 1. The second-order valence-electron chi connectivity index (χ2n) is 5.62. The molecule has 7 nitrogen and oxygen atoms in total. The van der Waals surface area contributed by atoms with Gasteiger partial charge in [0.1, 0.15) is 5.75 Å². The molecule has 10 heteroatoms. The summed E-state index contributed by atoms with van der Waals surface area (Å²) in [7, 11) is 0. The maximum absolute atomic E-state index is 11.9. The molecule has 0 atom stereocenters. The number of thiazole rings is 1. The van der Waals surface area contributed by atoms with E-state index in [-0.39, 0.29) is 24.7 Å². The second-order valence-corrected chi connectivity index (χ2v) is 7.34. The van der Waals surface area contributed by atoms with Crippen LogP contribution in [0.4, 0.5) is 0 Å². The largest absolute Gasteiger partial charge is 0.492 e. The van der Waals surface area contributed by atoms with Crippen molar-refractivity contribution in [1.82, 2.24) is 20.2 Å². The highest BCUT2D eigenvalue weighted by Gasteiger charge is 2.10. The lowest BCUT2D eigenvalue weighted by Gasteiger charge is -2.09. The number of benzene rings is 1. The van der Waals surface area contributed by atoms with E-state index in [9.17, 15) is 9.59 Å². The quantitative estimate of drug-likeness (QED) is 0.448. The zero-order valence-electron chi connectivity index (χ0n) is 14.1. The molecule has 0 fully saturated rings. The predicted octanol–water partition coefficient (Wildman–Crippen LogP) is 3.25. The number of hydrogen-bond donors (Lipinski definition) is 2. The molecule has 0 aliphatic heterocycles. The average Bonchev–Trinajstić information content (AvgIpc) is 3.20. The summed E-state index contributed by atoms with van der Waals surface area (Å²) >= 11 is 13.3. The van der Waals surface area contributed by atoms with Crippen molar-refractivity contribution in [3.8, 4) is 5.75 Å². The molecule has 3 aromatic rings. The van der Waals surface area contributed by atoms with Crippen LogP contribution in [0.3, 0.4) is 0 Å². The van der Waals surface area contributed by atoms with Crippen LogP contribution >= 0.6 is 34.5 Å². The van der Waals surface area contributed by atoms with Gasteiger partial charge in [-0.3, -0.25) is 24.8 Å². The monoisotopic (exact) mass is 426 g/mol. The van der Waals surface area contributed by atoms with Crippen LogP contribution in [0.5, 0.6) is 5.75 Å². The number of hydrogen-bond acceptors (Lipinski definition) is 5. The predicted molar refractivity (Wildman–Crippen MR) is 104 cm³/mol. The van der Waals surface area contributed by atoms with Gasteiger partial charge in [0.05, 0.1) is 23.7 Å². The number of imidazole rings is 1. The first-order valence-corrected chi connectivity index (χ1v) is 9.71. The molecule has 0 aliphatic rings. The Hall–Kier alpha value is -2.29. The molecule has 1 aromatic carbocycles. The number of ether oxygens (including phenoxy) is 1. The van der Waals surface area contributed by atoms with E-state index in [1.54, 1.807) is 24.4 Å². The normalized spacial score (nSPS) is 10.7. The lowest BCUT2D eigenvalue weighted by Crippen LogP contribution is -2.42. The zero-order valence-corrected chi connectivity index (χ0v) is 16.4. The third kappa shape index (κ3) is 5.59. The molecule has 27 heavy (non-hydrogen) atoms. The summed E-state index contributed by atoms with van der Waals surface area (Å²) in [5, 5.41) is 2.85. The van der Waals surface area contributed by atoms with E-state index in [4.69, 9.17) is 27.9 Å². The maximum Gasteiger partial charge on any atom is 0.244 e. The number of halogens is 2. The van der Waals surface area contributed by atoms with Crippen molar-refractivity contribution in [2.45, 2.75) is 19.3 Å². The van der Waals surface area contributed by atoms with Crippen molar-refractivity contribution in [2.24, 2.45) is 0 Å². The Morgan fingerprint density at radius 3 is 2.81 bits per heavy atom. The van der Waals surface area contributed by atoms with Crippen LogP contribution in [0.1, 0.15) is 18.5 Å². The standard InChI is InChI=1S/C17H16Cl2N4O3S/c18-11-3-4-14(13(19)8-11)26-6-1-2-15(24)21-22-16(25)9-12-10-23-5-7-27-17(23)20-12/h3-5,7-8,10H,1-2,6,9H2,(H,21,24)(H,22,25). The van der Waals surface area contributed by atoms with Gasteiger partial charge in [-0.2, -0.15) is 0 Å². The summed E-state index contributed by atoms with van der Waals surface area (Å²) < 4.78 is 7.35. The molecule has 2 amide bonds. The smallest absolute Gasteiger partial charge is 0.244 e. The van der Waals surface area contributed by atoms with Gasteiger partial charge in [-0.25, -0.2) is 4.98 Å². The second kappa shape index (κ2) is 9.07. The lowest BCUT2D eigenvalue weighted by atomic mass is 10.3. The Morgan fingerprint density at radius 1 is 1.22 bits per heavy atom. The highest BCUT2D eigenvalue weighted by atomic mass is 35.5. The number of carbonyl (C=O) groups is 2. The molecular weight excluding hydrogens is 411 g/mol. The van der Waals surface area contributed by atoms with Gasteiger partial charge in [0.15, 0.2) is 4.96 Å². The number of amides is 2. The highest BCUT2D eigenvalue weighted by molar-refractivity contribution is 7.15. The highest BCUT2D eigenvalue weighted by Crippen LogP contribution is 2.27. The first kappa shape index (κ1) is 19.5. The Kier molecular flexibility index (Phi) is 6.54. The van der Waals surface area contributed by atoms with E-state index in [1.165, 1.54) is 11.3 Å². The summed E-state index contributed by atoms with van der Waals surface area (Å²) in [5.41, 5.74) is 5.40. The van der Waals surface area contributed by atoms with Crippen LogP contribution in [-0.2, 0) is 16.0 Å². The van der Waals surface area contributed by atoms with E-state index in [2.05, 4.69) is 15.8 Å². The minimum atomic E-state index is -0.335. The van der Waals surface area contributed by atoms with Crippen LogP contribution in [0.25, 0.3) is 4.96 Å². The summed E-state index contributed by atoms with van der Waals surface area (Å²) in [5.74, 6) is -0.131. The molecule has 0 radical (unpaired) electrons. The minimum absolute atomic E-state index is 0.0901. The molecule has 0 aliphatic carbocycles. The van der Waals surface area contributed by atoms with Gasteiger partial charge in [-0.05, 0) is 24.6 Å².